The van der Waals surface area contributed by atoms with E-state index in [0.717, 1.165) is 0 Å². The van der Waals surface area contributed by atoms with Crippen molar-refractivity contribution in [2.75, 3.05) is 12.4 Å². The van der Waals surface area contributed by atoms with Gasteiger partial charge in [0, 0.05) is 8.95 Å². The van der Waals surface area contributed by atoms with Gasteiger partial charge >= 0.3 is 11.9 Å². The van der Waals surface area contributed by atoms with Gasteiger partial charge < -0.3 is 15.2 Å². The minimum atomic E-state index is -0.988. The molecule has 1 aliphatic rings. The molecule has 2 N–H and O–H groups in total. The van der Waals surface area contributed by atoms with E-state index in [1.165, 1.54) is 13.2 Å². The number of aliphatic carboxylic acids is 1. The number of rotatable bonds is 4. The van der Waals surface area contributed by atoms with Crippen LogP contribution < -0.4 is 5.32 Å². The Kier molecular flexibility index (Phi) is 4.67. The molecule has 1 aromatic rings. The van der Waals surface area contributed by atoms with E-state index in [1.54, 1.807) is 6.07 Å². The van der Waals surface area contributed by atoms with Gasteiger partial charge in [-0.2, -0.15) is 0 Å². The van der Waals surface area contributed by atoms with Crippen LogP contribution in [0.3, 0.4) is 0 Å². The number of hydrogen-bond acceptors (Lipinski definition) is 4. The van der Waals surface area contributed by atoms with Crippen LogP contribution in [0.25, 0.3) is 0 Å². The van der Waals surface area contributed by atoms with Gasteiger partial charge in [-0.3, -0.25) is 9.59 Å². The summed E-state index contributed by atoms with van der Waals surface area (Å²) in [6, 6.07) is 3.19. The summed E-state index contributed by atoms with van der Waals surface area (Å²) in [6.07, 6.45) is 0.308. The quantitative estimate of drug-likeness (QED) is 0.730. The highest BCUT2D eigenvalue weighted by molar-refractivity contribution is 9.11. The zero-order valence-electron chi connectivity index (χ0n) is 10.9. The van der Waals surface area contributed by atoms with Crippen molar-refractivity contribution in [2.45, 2.75) is 6.42 Å². The van der Waals surface area contributed by atoms with Gasteiger partial charge in [-0.05, 0) is 34.5 Å². The lowest BCUT2D eigenvalue weighted by atomic mass is 10.1. The molecule has 0 spiro atoms. The number of carbonyl (C=O) groups excluding carboxylic acids is 2. The molecule has 8 heteroatoms. The van der Waals surface area contributed by atoms with Crippen molar-refractivity contribution >= 4 is 55.4 Å². The summed E-state index contributed by atoms with van der Waals surface area (Å²) in [6.45, 7) is 0. The number of methoxy groups -OCH3 is 1. The molecule has 21 heavy (non-hydrogen) atoms. The van der Waals surface area contributed by atoms with Crippen molar-refractivity contribution < 1.29 is 24.2 Å². The fraction of sp³-hybridized carbons (Fsp3) is 0.308. The Morgan fingerprint density at radius 1 is 1.29 bits per heavy atom. The van der Waals surface area contributed by atoms with Gasteiger partial charge in [0.05, 0.1) is 30.2 Å². The van der Waals surface area contributed by atoms with E-state index in [2.05, 4.69) is 41.9 Å². The van der Waals surface area contributed by atoms with Crippen LogP contribution in [0.2, 0.25) is 0 Å². The maximum absolute atomic E-state index is 12.0. The van der Waals surface area contributed by atoms with Gasteiger partial charge in [-0.15, -0.1) is 0 Å². The molecule has 0 aliphatic heterocycles. The first-order chi connectivity index (χ1) is 9.85. The summed E-state index contributed by atoms with van der Waals surface area (Å²) >= 11 is 6.52. The largest absolute Gasteiger partial charge is 0.481 e. The second kappa shape index (κ2) is 6.15. The van der Waals surface area contributed by atoms with Crippen LogP contribution in [0.15, 0.2) is 21.1 Å². The van der Waals surface area contributed by atoms with E-state index in [1.807, 2.05) is 0 Å². The Morgan fingerprint density at radius 3 is 2.48 bits per heavy atom. The van der Waals surface area contributed by atoms with Gasteiger partial charge in [0.15, 0.2) is 0 Å². The molecular formula is C13H11Br2NO5. The molecule has 0 unspecified atom stereocenters. The van der Waals surface area contributed by atoms with Crippen LogP contribution in [0.5, 0.6) is 0 Å². The SMILES string of the molecule is COC(=O)c1cc(Br)cc(Br)c1NC(=O)[C@@H]1C[C@@H]1C(=O)O. The topological polar surface area (TPSA) is 92.7 Å². The van der Waals surface area contributed by atoms with Crippen molar-refractivity contribution in [1.29, 1.82) is 0 Å². The molecule has 1 aliphatic carbocycles. The molecule has 1 saturated carbocycles. The van der Waals surface area contributed by atoms with Crippen LogP contribution in [-0.4, -0.2) is 30.1 Å². The standard InChI is InChI=1S/C13H11Br2NO5/c1-21-13(20)8-2-5(14)3-9(15)10(8)16-11(17)6-4-7(6)12(18)19/h2-3,6-7H,4H2,1H3,(H,16,17)(H,18,19)/t6-,7+/m1/s1. The molecule has 1 amide bonds. The third kappa shape index (κ3) is 3.44. The van der Waals surface area contributed by atoms with E-state index < -0.39 is 29.7 Å². The van der Waals surface area contributed by atoms with Crippen LogP contribution >= 0.6 is 31.9 Å². The molecule has 0 radical (unpaired) electrons. The fourth-order valence-corrected chi connectivity index (χ4v) is 3.27. The predicted molar refractivity (Wildman–Crippen MR) is 81.0 cm³/mol. The highest BCUT2D eigenvalue weighted by Gasteiger charge is 2.48. The number of halogens is 2. The van der Waals surface area contributed by atoms with Crippen molar-refractivity contribution in [3.8, 4) is 0 Å². The van der Waals surface area contributed by atoms with Crippen LogP contribution in [0.1, 0.15) is 16.8 Å². The highest BCUT2D eigenvalue weighted by atomic mass is 79.9. The minimum absolute atomic E-state index is 0.180. The number of carbonyl (C=O) groups is 3. The van der Waals surface area contributed by atoms with Gasteiger partial charge in [0.25, 0.3) is 0 Å². The minimum Gasteiger partial charge on any atom is -0.481 e. The van der Waals surface area contributed by atoms with Crippen molar-refractivity contribution in [1.82, 2.24) is 0 Å². The number of hydrogen-bond donors (Lipinski definition) is 2. The molecule has 0 bridgehead atoms. The summed E-state index contributed by atoms with van der Waals surface area (Å²) < 4.78 is 5.82. The molecule has 1 aromatic carbocycles. The smallest absolute Gasteiger partial charge is 0.340 e. The summed E-state index contributed by atoms with van der Waals surface area (Å²) in [7, 11) is 1.24. The molecule has 2 atom stereocenters. The lowest BCUT2D eigenvalue weighted by Crippen LogP contribution is -2.19. The zero-order chi connectivity index (χ0) is 15.7. The lowest BCUT2D eigenvalue weighted by Gasteiger charge is -2.12. The van der Waals surface area contributed by atoms with E-state index in [0.29, 0.717) is 15.4 Å². The average molecular weight is 421 g/mol. The lowest BCUT2D eigenvalue weighted by molar-refractivity contribution is -0.139. The number of carboxylic acid groups (broad SMARTS) is 1. The Hall–Kier alpha value is -1.41. The summed E-state index contributed by atoms with van der Waals surface area (Å²) in [5, 5.41) is 11.4. The number of benzene rings is 1. The van der Waals surface area contributed by atoms with Crippen molar-refractivity contribution in [2.24, 2.45) is 11.8 Å². The van der Waals surface area contributed by atoms with Gasteiger partial charge in [-0.1, -0.05) is 15.9 Å². The van der Waals surface area contributed by atoms with Crippen LogP contribution in [-0.2, 0) is 14.3 Å². The highest BCUT2D eigenvalue weighted by Crippen LogP contribution is 2.40. The Balaban J connectivity index is 2.25. The molecule has 112 valence electrons. The number of carboxylic acids is 1. The maximum Gasteiger partial charge on any atom is 0.340 e. The van der Waals surface area contributed by atoms with Crippen molar-refractivity contribution in [3.05, 3.63) is 26.6 Å². The summed E-state index contributed by atoms with van der Waals surface area (Å²) in [5.74, 6) is -3.23. The van der Waals surface area contributed by atoms with Crippen molar-refractivity contribution in [3.63, 3.8) is 0 Å². The molecule has 1 fully saturated rings. The van der Waals surface area contributed by atoms with E-state index >= 15 is 0 Å². The fourth-order valence-electron chi connectivity index (χ4n) is 1.95. The number of nitrogens with one attached hydrogen (secondary N) is 1. The molecule has 0 saturated heterocycles. The Morgan fingerprint density at radius 2 is 1.95 bits per heavy atom. The van der Waals surface area contributed by atoms with E-state index in [-0.39, 0.29) is 11.3 Å². The first kappa shape index (κ1) is 16.0. The first-order valence-electron chi connectivity index (χ1n) is 5.96. The number of amides is 1. The van der Waals surface area contributed by atoms with E-state index in [9.17, 15) is 14.4 Å². The van der Waals surface area contributed by atoms with Gasteiger partial charge in [0.2, 0.25) is 5.91 Å². The Labute approximate surface area is 137 Å². The molecule has 6 nitrogen and oxygen atoms in total. The van der Waals surface area contributed by atoms with Crippen LogP contribution in [0.4, 0.5) is 5.69 Å². The first-order valence-corrected chi connectivity index (χ1v) is 7.54. The van der Waals surface area contributed by atoms with E-state index in [4.69, 9.17) is 5.11 Å². The van der Waals surface area contributed by atoms with Crippen LogP contribution in [0, 0.1) is 11.8 Å². The third-order valence-corrected chi connectivity index (χ3v) is 4.24. The number of anilines is 1. The second-order valence-corrected chi connectivity index (χ2v) is 6.35. The normalized spacial score (nSPS) is 19.8. The van der Waals surface area contributed by atoms with Gasteiger partial charge in [-0.25, -0.2) is 4.79 Å². The second-order valence-electron chi connectivity index (χ2n) is 4.58. The Bertz CT molecular complexity index is 631. The third-order valence-electron chi connectivity index (χ3n) is 3.15. The molecule has 2 rings (SSSR count). The monoisotopic (exact) mass is 419 g/mol. The zero-order valence-corrected chi connectivity index (χ0v) is 14.0. The van der Waals surface area contributed by atoms with Gasteiger partial charge in [0.1, 0.15) is 0 Å². The predicted octanol–water partition coefficient (Wildman–Crippen LogP) is 2.66. The maximum atomic E-state index is 12.0. The summed E-state index contributed by atoms with van der Waals surface area (Å²) in [4.78, 5) is 34.6. The molecule has 0 heterocycles. The molecular weight excluding hydrogens is 410 g/mol. The average Bonchev–Trinajstić information content (AvgIpc) is 3.20. The summed E-state index contributed by atoms with van der Waals surface area (Å²) in [5.41, 5.74) is 0.450. The molecule has 0 aromatic heterocycles. The number of esters is 1. The number of ether oxygens (including phenoxy) is 1.